The SMILES string of the molecule is O=C(COC(=O)c1ccc(=O)n(Cc2ccccc2)n1)Nc1ccccc1[N+](=O)[O-]. The summed E-state index contributed by atoms with van der Waals surface area (Å²) in [5.41, 5.74) is -0.0278. The number of esters is 1. The summed E-state index contributed by atoms with van der Waals surface area (Å²) in [6, 6.07) is 17.0. The van der Waals surface area contributed by atoms with Crippen LogP contribution in [0.4, 0.5) is 11.4 Å². The van der Waals surface area contributed by atoms with E-state index < -0.39 is 29.0 Å². The third kappa shape index (κ3) is 5.13. The quantitative estimate of drug-likeness (QED) is 0.359. The number of ether oxygens (including phenoxy) is 1. The molecular weight excluding hydrogens is 392 g/mol. The fraction of sp³-hybridized carbons (Fsp3) is 0.100. The maximum atomic E-state index is 12.2. The van der Waals surface area contributed by atoms with Crippen LogP contribution in [0.1, 0.15) is 16.1 Å². The molecule has 1 amide bonds. The Morgan fingerprint density at radius 1 is 1.03 bits per heavy atom. The van der Waals surface area contributed by atoms with Gasteiger partial charge in [0.2, 0.25) is 0 Å². The van der Waals surface area contributed by atoms with Crippen molar-refractivity contribution in [1.29, 1.82) is 0 Å². The molecule has 0 spiro atoms. The number of carbonyl (C=O) groups excluding carboxylic acids is 2. The molecule has 3 rings (SSSR count). The summed E-state index contributed by atoms with van der Waals surface area (Å²) < 4.78 is 6.02. The van der Waals surface area contributed by atoms with E-state index in [9.17, 15) is 24.5 Å². The molecule has 152 valence electrons. The number of nitro groups is 1. The predicted molar refractivity (Wildman–Crippen MR) is 106 cm³/mol. The number of nitrogens with zero attached hydrogens (tertiary/aromatic N) is 3. The number of nitrogens with one attached hydrogen (secondary N) is 1. The molecule has 10 nitrogen and oxygen atoms in total. The van der Waals surface area contributed by atoms with E-state index in [1.807, 2.05) is 30.3 Å². The first kappa shape index (κ1) is 20.4. The summed E-state index contributed by atoms with van der Waals surface area (Å²) >= 11 is 0. The Balaban J connectivity index is 1.64. The van der Waals surface area contributed by atoms with Crippen molar-refractivity contribution >= 4 is 23.3 Å². The van der Waals surface area contributed by atoms with Gasteiger partial charge in [0.15, 0.2) is 12.3 Å². The van der Waals surface area contributed by atoms with Crippen molar-refractivity contribution in [2.24, 2.45) is 0 Å². The molecule has 0 aliphatic heterocycles. The molecule has 1 N–H and O–H groups in total. The molecule has 30 heavy (non-hydrogen) atoms. The Labute approximate surface area is 169 Å². The predicted octanol–water partition coefficient (Wildman–Crippen LogP) is 2.00. The zero-order chi connectivity index (χ0) is 21.5. The van der Waals surface area contributed by atoms with Gasteiger partial charge < -0.3 is 10.1 Å². The van der Waals surface area contributed by atoms with E-state index in [0.717, 1.165) is 10.2 Å². The third-order valence-electron chi connectivity index (χ3n) is 3.96. The molecule has 1 aromatic heterocycles. The molecule has 1 heterocycles. The summed E-state index contributed by atoms with van der Waals surface area (Å²) in [5.74, 6) is -1.66. The third-order valence-corrected chi connectivity index (χ3v) is 3.96. The number of nitro benzene ring substituents is 1. The van der Waals surface area contributed by atoms with Crippen molar-refractivity contribution in [3.8, 4) is 0 Å². The summed E-state index contributed by atoms with van der Waals surface area (Å²) in [5, 5.41) is 17.3. The summed E-state index contributed by atoms with van der Waals surface area (Å²) in [4.78, 5) is 46.5. The smallest absolute Gasteiger partial charge is 0.359 e. The van der Waals surface area contributed by atoms with Crippen LogP contribution < -0.4 is 10.9 Å². The normalized spacial score (nSPS) is 10.3. The molecular formula is C20H16N4O6. The average molecular weight is 408 g/mol. The Kier molecular flexibility index (Phi) is 6.28. The van der Waals surface area contributed by atoms with E-state index in [4.69, 9.17) is 4.74 Å². The molecule has 0 aliphatic rings. The Hall–Kier alpha value is -4.34. The molecule has 2 aromatic carbocycles. The van der Waals surface area contributed by atoms with Crippen molar-refractivity contribution in [2.75, 3.05) is 11.9 Å². The van der Waals surface area contributed by atoms with Crippen LogP contribution in [0, 0.1) is 10.1 Å². The van der Waals surface area contributed by atoms with Crippen LogP contribution in [0.3, 0.4) is 0 Å². The Morgan fingerprint density at radius 3 is 2.47 bits per heavy atom. The summed E-state index contributed by atoms with van der Waals surface area (Å²) in [7, 11) is 0. The number of benzene rings is 2. The van der Waals surface area contributed by atoms with Gasteiger partial charge in [-0.3, -0.25) is 19.7 Å². The first-order chi connectivity index (χ1) is 14.4. The molecule has 0 radical (unpaired) electrons. The maximum absolute atomic E-state index is 12.2. The lowest BCUT2D eigenvalue weighted by Gasteiger charge is -2.08. The van der Waals surface area contributed by atoms with Gasteiger partial charge in [-0.25, -0.2) is 9.48 Å². The van der Waals surface area contributed by atoms with Gasteiger partial charge >= 0.3 is 5.97 Å². The second-order valence-electron chi connectivity index (χ2n) is 6.10. The van der Waals surface area contributed by atoms with Gasteiger partial charge in [0.25, 0.3) is 17.2 Å². The number of rotatable bonds is 7. The average Bonchev–Trinajstić information content (AvgIpc) is 2.74. The molecule has 0 aliphatic carbocycles. The topological polar surface area (TPSA) is 133 Å². The molecule has 0 unspecified atom stereocenters. The van der Waals surface area contributed by atoms with E-state index in [2.05, 4.69) is 10.4 Å². The maximum Gasteiger partial charge on any atom is 0.359 e. The highest BCUT2D eigenvalue weighted by molar-refractivity contribution is 5.96. The standard InChI is InChI=1S/C20H16N4O6/c25-18(21-15-8-4-5-9-17(15)24(28)29)13-30-20(27)16-10-11-19(26)23(22-16)12-14-6-2-1-3-7-14/h1-11H,12-13H2,(H,21,25). The van der Waals surface area contributed by atoms with Gasteiger partial charge in [-0.15, -0.1) is 0 Å². The van der Waals surface area contributed by atoms with Crippen LogP contribution in [-0.2, 0) is 16.1 Å². The fourth-order valence-corrected chi connectivity index (χ4v) is 2.56. The van der Waals surface area contributed by atoms with E-state index in [1.165, 1.54) is 36.4 Å². The first-order valence-corrected chi connectivity index (χ1v) is 8.76. The van der Waals surface area contributed by atoms with E-state index in [1.54, 1.807) is 0 Å². The van der Waals surface area contributed by atoms with Gasteiger partial charge in [-0.05, 0) is 17.7 Å². The van der Waals surface area contributed by atoms with Crippen LogP contribution in [0.5, 0.6) is 0 Å². The zero-order valence-electron chi connectivity index (χ0n) is 15.6. The fourth-order valence-electron chi connectivity index (χ4n) is 2.56. The lowest BCUT2D eigenvalue weighted by atomic mass is 10.2. The molecule has 3 aromatic rings. The molecule has 10 heteroatoms. The number of aromatic nitrogens is 2. The summed E-state index contributed by atoms with van der Waals surface area (Å²) in [6.45, 7) is -0.511. The highest BCUT2D eigenvalue weighted by atomic mass is 16.6. The van der Waals surface area contributed by atoms with Crippen molar-refractivity contribution in [3.63, 3.8) is 0 Å². The number of hydrogen-bond donors (Lipinski definition) is 1. The minimum absolute atomic E-state index is 0.0157. The van der Waals surface area contributed by atoms with Gasteiger partial charge in [0.05, 0.1) is 11.5 Å². The van der Waals surface area contributed by atoms with Crippen molar-refractivity contribution in [2.45, 2.75) is 6.54 Å². The van der Waals surface area contributed by atoms with Crippen molar-refractivity contribution in [3.05, 3.63) is 98.5 Å². The lowest BCUT2D eigenvalue weighted by molar-refractivity contribution is -0.383. The Bertz CT molecular complexity index is 1140. The van der Waals surface area contributed by atoms with Crippen LogP contribution in [0.15, 0.2) is 71.5 Å². The highest BCUT2D eigenvalue weighted by Gasteiger charge is 2.17. The van der Waals surface area contributed by atoms with Gasteiger partial charge in [0, 0.05) is 12.1 Å². The second kappa shape index (κ2) is 9.24. The van der Waals surface area contributed by atoms with Crippen LogP contribution in [0.2, 0.25) is 0 Å². The minimum atomic E-state index is -0.908. The largest absolute Gasteiger partial charge is 0.451 e. The monoisotopic (exact) mass is 408 g/mol. The lowest BCUT2D eigenvalue weighted by Crippen LogP contribution is -2.26. The van der Waals surface area contributed by atoms with Crippen LogP contribution >= 0.6 is 0 Å². The first-order valence-electron chi connectivity index (χ1n) is 8.76. The van der Waals surface area contributed by atoms with E-state index >= 15 is 0 Å². The zero-order valence-corrected chi connectivity index (χ0v) is 15.6. The van der Waals surface area contributed by atoms with Crippen molar-refractivity contribution in [1.82, 2.24) is 9.78 Å². The van der Waals surface area contributed by atoms with Gasteiger partial charge in [0.1, 0.15) is 5.69 Å². The number of hydrogen-bond acceptors (Lipinski definition) is 7. The molecule has 0 atom stereocenters. The van der Waals surface area contributed by atoms with E-state index in [-0.39, 0.29) is 23.6 Å². The van der Waals surface area contributed by atoms with Gasteiger partial charge in [-0.1, -0.05) is 42.5 Å². The Morgan fingerprint density at radius 2 is 1.73 bits per heavy atom. The minimum Gasteiger partial charge on any atom is -0.451 e. The number of anilines is 1. The van der Waals surface area contributed by atoms with Crippen molar-refractivity contribution < 1.29 is 19.2 Å². The molecule has 0 bridgehead atoms. The molecule has 0 saturated carbocycles. The second-order valence-corrected chi connectivity index (χ2v) is 6.10. The van der Waals surface area contributed by atoms with Crippen LogP contribution in [0.25, 0.3) is 0 Å². The van der Waals surface area contributed by atoms with E-state index in [0.29, 0.717) is 0 Å². The molecule has 0 fully saturated rings. The highest BCUT2D eigenvalue weighted by Crippen LogP contribution is 2.22. The summed E-state index contributed by atoms with van der Waals surface area (Å²) in [6.07, 6.45) is 0. The number of amides is 1. The number of para-hydroxylation sites is 2. The molecule has 0 saturated heterocycles. The van der Waals surface area contributed by atoms with Gasteiger partial charge in [-0.2, -0.15) is 5.10 Å². The van der Waals surface area contributed by atoms with Crippen LogP contribution in [-0.4, -0.2) is 33.2 Å². The number of carbonyl (C=O) groups is 2.